The molecule has 0 aromatic heterocycles. The second-order valence-corrected chi connectivity index (χ2v) is 3.80. The Morgan fingerprint density at radius 1 is 1.67 bits per heavy atom. The summed E-state index contributed by atoms with van der Waals surface area (Å²) in [5, 5.41) is -0.329. The molecule has 0 bridgehead atoms. The van der Waals surface area contributed by atoms with Crippen molar-refractivity contribution in [3.8, 4) is 0 Å². The van der Waals surface area contributed by atoms with Crippen molar-refractivity contribution in [2.75, 3.05) is 6.79 Å². The first-order chi connectivity index (χ1) is 4.11. The summed E-state index contributed by atoms with van der Waals surface area (Å²) in [5.41, 5.74) is 0. The maximum atomic E-state index is 10.3. The molecule has 0 fully saturated rings. The lowest BCUT2D eigenvalue weighted by molar-refractivity contribution is 0.0878. The number of hydrogen-bond donors (Lipinski definition) is 0. The van der Waals surface area contributed by atoms with E-state index in [0.717, 1.165) is 6.26 Å². The van der Waals surface area contributed by atoms with Crippen LogP contribution in [-0.4, -0.2) is 15.2 Å². The van der Waals surface area contributed by atoms with Gasteiger partial charge in [-0.05, 0) is 0 Å². The lowest BCUT2D eigenvalue weighted by atomic mass is 11.1. The molecule has 6 heteroatoms. The van der Waals surface area contributed by atoms with Crippen LogP contribution in [-0.2, 0) is 18.5 Å². The highest BCUT2D eigenvalue weighted by molar-refractivity contribution is 8.16. The molecule has 0 atom stereocenters. The second-order valence-electron chi connectivity index (χ2n) is 1.30. The van der Waals surface area contributed by atoms with Crippen molar-refractivity contribution in [1.82, 2.24) is 0 Å². The minimum atomic E-state index is -3.72. The monoisotopic (exact) mass is 170 g/mol. The van der Waals surface area contributed by atoms with Crippen LogP contribution in [0.1, 0.15) is 0 Å². The molecule has 0 aromatic rings. The average Bonchev–Trinajstić information content (AvgIpc) is 2.08. The number of ether oxygens (including phenoxy) is 2. The fraction of sp³-hybridized carbons (Fsp3) is 0.333. The van der Waals surface area contributed by atoms with Crippen LogP contribution in [0.4, 0.5) is 0 Å². The van der Waals surface area contributed by atoms with Gasteiger partial charge in [0.2, 0.25) is 6.79 Å². The van der Waals surface area contributed by atoms with E-state index in [4.69, 9.17) is 10.7 Å². The summed E-state index contributed by atoms with van der Waals surface area (Å²) >= 11 is 0. The molecule has 0 saturated heterocycles. The number of halogens is 1. The average molecular weight is 171 g/mol. The maximum absolute atomic E-state index is 10.3. The zero-order chi connectivity index (χ0) is 6.91. The quantitative estimate of drug-likeness (QED) is 0.533. The molecule has 0 aromatic carbocycles. The Balaban J connectivity index is 2.87. The molecule has 0 amide bonds. The Bertz CT molecular complexity index is 228. The van der Waals surface area contributed by atoms with Crippen LogP contribution in [0.25, 0.3) is 0 Å². The third-order valence-corrected chi connectivity index (χ3v) is 1.84. The first kappa shape index (κ1) is 6.70. The van der Waals surface area contributed by atoms with Gasteiger partial charge in [-0.2, -0.15) is 0 Å². The van der Waals surface area contributed by atoms with Crippen molar-refractivity contribution in [3.05, 3.63) is 11.4 Å². The topological polar surface area (TPSA) is 52.6 Å². The van der Waals surface area contributed by atoms with Gasteiger partial charge in [-0.3, -0.25) is 0 Å². The van der Waals surface area contributed by atoms with Crippen LogP contribution < -0.4 is 0 Å². The van der Waals surface area contributed by atoms with E-state index in [2.05, 4.69) is 9.47 Å². The Labute approximate surface area is 56.4 Å². The van der Waals surface area contributed by atoms with Gasteiger partial charge in [-0.25, -0.2) is 8.42 Å². The van der Waals surface area contributed by atoms with Crippen LogP contribution >= 0.6 is 10.7 Å². The van der Waals surface area contributed by atoms with E-state index in [1.807, 2.05) is 0 Å². The van der Waals surface area contributed by atoms with Crippen LogP contribution in [0.3, 0.4) is 0 Å². The summed E-state index contributed by atoms with van der Waals surface area (Å²) in [6, 6.07) is 0. The third kappa shape index (κ3) is 1.49. The minimum absolute atomic E-state index is 0.0821. The van der Waals surface area contributed by atoms with Gasteiger partial charge in [0.25, 0.3) is 14.1 Å². The molecule has 52 valence electrons. The van der Waals surface area contributed by atoms with Crippen molar-refractivity contribution < 1.29 is 17.9 Å². The van der Waals surface area contributed by atoms with E-state index in [1.54, 1.807) is 0 Å². The molecule has 9 heavy (non-hydrogen) atoms. The number of hydrogen-bond acceptors (Lipinski definition) is 4. The van der Waals surface area contributed by atoms with Crippen molar-refractivity contribution in [2.24, 2.45) is 0 Å². The Morgan fingerprint density at radius 3 is 2.56 bits per heavy atom. The fourth-order valence-electron chi connectivity index (χ4n) is 0.356. The normalized spacial score (nSPS) is 18.1. The highest BCUT2D eigenvalue weighted by Gasteiger charge is 2.20. The van der Waals surface area contributed by atoms with Gasteiger partial charge in [0, 0.05) is 10.7 Å². The molecule has 1 heterocycles. The van der Waals surface area contributed by atoms with E-state index in [9.17, 15) is 8.42 Å². The lowest BCUT2D eigenvalue weighted by Crippen LogP contribution is -1.94. The standard InChI is InChI=1S/C3H3ClO4S/c4-9(5,6)3-1-7-2-8-3/h1H,2H2. The smallest absolute Gasteiger partial charge is 0.297 e. The molecular formula is C3H3ClO4S. The lowest BCUT2D eigenvalue weighted by Gasteiger charge is -1.91. The van der Waals surface area contributed by atoms with Gasteiger partial charge in [-0.1, -0.05) is 0 Å². The molecule has 0 unspecified atom stereocenters. The van der Waals surface area contributed by atoms with Gasteiger partial charge in [-0.15, -0.1) is 0 Å². The summed E-state index contributed by atoms with van der Waals surface area (Å²) < 4.78 is 29.5. The highest BCUT2D eigenvalue weighted by Crippen LogP contribution is 2.17. The Kier molecular flexibility index (Phi) is 1.54. The Morgan fingerprint density at radius 2 is 2.33 bits per heavy atom. The molecule has 1 rings (SSSR count). The molecule has 4 nitrogen and oxygen atoms in total. The molecule has 1 aliphatic heterocycles. The van der Waals surface area contributed by atoms with E-state index in [0.29, 0.717) is 0 Å². The molecule has 0 spiro atoms. The van der Waals surface area contributed by atoms with Crippen molar-refractivity contribution in [2.45, 2.75) is 0 Å². The fourth-order valence-corrected chi connectivity index (χ4v) is 0.971. The van der Waals surface area contributed by atoms with E-state index < -0.39 is 9.05 Å². The molecular weight excluding hydrogens is 168 g/mol. The van der Waals surface area contributed by atoms with Gasteiger partial charge >= 0.3 is 0 Å². The van der Waals surface area contributed by atoms with Gasteiger partial charge in [0.1, 0.15) is 6.26 Å². The van der Waals surface area contributed by atoms with Crippen molar-refractivity contribution in [1.29, 1.82) is 0 Å². The molecule has 0 N–H and O–H groups in total. The summed E-state index contributed by atoms with van der Waals surface area (Å²) in [6.45, 7) is -0.0821. The summed E-state index contributed by atoms with van der Waals surface area (Å²) in [4.78, 5) is 0. The second kappa shape index (κ2) is 2.07. The number of rotatable bonds is 1. The maximum Gasteiger partial charge on any atom is 0.297 e. The van der Waals surface area contributed by atoms with Gasteiger partial charge in [0.15, 0.2) is 0 Å². The Hall–Kier alpha value is -0.420. The van der Waals surface area contributed by atoms with Crippen LogP contribution in [0.2, 0.25) is 0 Å². The SMILES string of the molecule is O=S(=O)(Cl)C1=COCO1. The summed E-state index contributed by atoms with van der Waals surface area (Å²) in [7, 11) is 1.12. The van der Waals surface area contributed by atoms with Crippen LogP contribution in [0, 0.1) is 0 Å². The van der Waals surface area contributed by atoms with E-state index in [-0.39, 0.29) is 11.9 Å². The van der Waals surface area contributed by atoms with Gasteiger partial charge < -0.3 is 9.47 Å². The molecule has 0 aliphatic carbocycles. The summed E-state index contributed by atoms with van der Waals surface area (Å²) in [5.74, 6) is 0. The van der Waals surface area contributed by atoms with E-state index in [1.165, 1.54) is 0 Å². The predicted octanol–water partition coefficient (Wildman–Crippen LogP) is 0.358. The van der Waals surface area contributed by atoms with Crippen LogP contribution in [0.5, 0.6) is 0 Å². The first-order valence-corrected chi connectivity index (χ1v) is 4.31. The highest BCUT2D eigenvalue weighted by atomic mass is 35.7. The van der Waals surface area contributed by atoms with Crippen molar-refractivity contribution >= 4 is 19.7 Å². The molecule has 0 saturated carbocycles. The first-order valence-electron chi connectivity index (χ1n) is 2.00. The van der Waals surface area contributed by atoms with Crippen molar-refractivity contribution in [3.63, 3.8) is 0 Å². The minimum Gasteiger partial charge on any atom is -0.460 e. The third-order valence-electron chi connectivity index (χ3n) is 0.689. The summed E-state index contributed by atoms with van der Waals surface area (Å²) in [6.07, 6.45) is 0.961. The molecule has 0 radical (unpaired) electrons. The largest absolute Gasteiger partial charge is 0.460 e. The van der Waals surface area contributed by atoms with E-state index >= 15 is 0 Å². The van der Waals surface area contributed by atoms with Crippen LogP contribution in [0.15, 0.2) is 11.4 Å². The molecule has 1 aliphatic rings. The van der Waals surface area contributed by atoms with Gasteiger partial charge in [0.05, 0.1) is 0 Å². The predicted molar refractivity (Wildman–Crippen MR) is 29.9 cm³/mol. The zero-order valence-corrected chi connectivity index (χ0v) is 5.78. The zero-order valence-electron chi connectivity index (χ0n) is 4.20.